The predicted octanol–water partition coefficient (Wildman–Crippen LogP) is 4.88. The Bertz CT molecular complexity index is 1220. The molecule has 0 saturated carbocycles. The summed E-state index contributed by atoms with van der Waals surface area (Å²) in [7, 11) is 0. The Morgan fingerprint density at radius 3 is 2.24 bits per heavy atom. The molecule has 4 rings (SSSR count). The van der Waals surface area contributed by atoms with Gasteiger partial charge in [0.2, 0.25) is 0 Å². The molecule has 142 valence electrons. The quantitative estimate of drug-likeness (QED) is 0.526. The number of nitrogens with zero attached hydrogens (tertiary/aromatic N) is 1. The second-order valence-corrected chi connectivity index (χ2v) is 6.38. The molecule has 0 bridgehead atoms. The highest BCUT2D eigenvalue weighted by molar-refractivity contribution is 6.10. The van der Waals surface area contributed by atoms with E-state index in [9.17, 15) is 14.0 Å². The van der Waals surface area contributed by atoms with Gasteiger partial charge < -0.3 is 10.6 Å². The lowest BCUT2D eigenvalue weighted by Gasteiger charge is -2.09. The zero-order valence-corrected chi connectivity index (χ0v) is 15.2. The van der Waals surface area contributed by atoms with Gasteiger partial charge in [0.05, 0.1) is 11.2 Å². The minimum absolute atomic E-state index is 0.290. The van der Waals surface area contributed by atoms with Crippen molar-refractivity contribution in [1.82, 2.24) is 4.98 Å². The van der Waals surface area contributed by atoms with Gasteiger partial charge in [-0.3, -0.25) is 14.6 Å². The van der Waals surface area contributed by atoms with E-state index in [1.165, 1.54) is 24.3 Å². The average Bonchev–Trinajstić information content (AvgIpc) is 2.74. The minimum Gasteiger partial charge on any atom is -0.322 e. The fourth-order valence-corrected chi connectivity index (χ4v) is 2.97. The third-order valence-electron chi connectivity index (χ3n) is 4.35. The third-order valence-corrected chi connectivity index (χ3v) is 4.35. The number of anilines is 2. The van der Waals surface area contributed by atoms with Crippen LogP contribution in [0.4, 0.5) is 15.8 Å². The zero-order valence-electron chi connectivity index (χ0n) is 15.2. The molecule has 0 atom stereocenters. The molecule has 0 saturated heterocycles. The molecule has 1 heterocycles. The Kier molecular flexibility index (Phi) is 4.99. The van der Waals surface area contributed by atoms with Gasteiger partial charge in [0.15, 0.2) is 0 Å². The molecule has 0 unspecified atom stereocenters. The number of amides is 2. The highest BCUT2D eigenvalue weighted by atomic mass is 19.1. The van der Waals surface area contributed by atoms with Crippen LogP contribution in [0.1, 0.15) is 20.7 Å². The van der Waals surface area contributed by atoms with E-state index in [0.717, 1.165) is 5.39 Å². The summed E-state index contributed by atoms with van der Waals surface area (Å²) in [6.07, 6.45) is 1.66. The van der Waals surface area contributed by atoms with Crippen LogP contribution in [-0.4, -0.2) is 16.8 Å². The van der Waals surface area contributed by atoms with Crippen molar-refractivity contribution in [1.29, 1.82) is 0 Å². The monoisotopic (exact) mass is 385 g/mol. The Morgan fingerprint density at radius 1 is 0.759 bits per heavy atom. The SMILES string of the molecule is O=C(Nc1cccc(F)c1)c1cccc(C(=O)Nc2cccc3cccnc23)c1. The van der Waals surface area contributed by atoms with Crippen molar-refractivity contribution in [2.75, 3.05) is 10.6 Å². The molecule has 3 aromatic carbocycles. The van der Waals surface area contributed by atoms with E-state index in [1.807, 2.05) is 24.3 Å². The van der Waals surface area contributed by atoms with Crippen molar-refractivity contribution < 1.29 is 14.0 Å². The number of nitrogens with one attached hydrogen (secondary N) is 2. The van der Waals surface area contributed by atoms with Crippen molar-refractivity contribution >= 4 is 34.1 Å². The third kappa shape index (κ3) is 4.11. The van der Waals surface area contributed by atoms with E-state index in [4.69, 9.17) is 0 Å². The smallest absolute Gasteiger partial charge is 0.255 e. The van der Waals surface area contributed by atoms with Crippen LogP contribution >= 0.6 is 0 Å². The number of benzene rings is 3. The second-order valence-electron chi connectivity index (χ2n) is 6.38. The highest BCUT2D eigenvalue weighted by Gasteiger charge is 2.13. The van der Waals surface area contributed by atoms with Crippen LogP contribution in [0, 0.1) is 5.82 Å². The fourth-order valence-electron chi connectivity index (χ4n) is 2.97. The molecule has 0 radical (unpaired) electrons. The summed E-state index contributed by atoms with van der Waals surface area (Å²) in [5, 5.41) is 6.37. The van der Waals surface area contributed by atoms with E-state index in [-0.39, 0.29) is 11.5 Å². The standard InChI is InChI=1S/C23H16FN3O2/c24-18-9-3-10-19(14-18)26-22(28)16-6-1-7-17(13-16)23(29)27-20-11-2-5-15-8-4-12-25-21(15)20/h1-14H,(H,26,28)(H,27,29). The first-order valence-corrected chi connectivity index (χ1v) is 8.92. The summed E-state index contributed by atoms with van der Waals surface area (Å²) in [4.78, 5) is 29.5. The van der Waals surface area contributed by atoms with Crippen LogP contribution in [0.5, 0.6) is 0 Å². The van der Waals surface area contributed by atoms with Crippen LogP contribution in [0.2, 0.25) is 0 Å². The molecule has 0 spiro atoms. The number of pyridine rings is 1. The summed E-state index contributed by atoms with van der Waals surface area (Å²) in [6.45, 7) is 0. The number of carbonyl (C=O) groups excluding carboxylic acids is 2. The molecule has 0 fully saturated rings. The van der Waals surface area contributed by atoms with Crippen molar-refractivity contribution in [3.8, 4) is 0 Å². The topological polar surface area (TPSA) is 71.1 Å². The van der Waals surface area contributed by atoms with E-state index >= 15 is 0 Å². The van der Waals surface area contributed by atoms with Crippen LogP contribution < -0.4 is 10.6 Å². The lowest BCUT2D eigenvalue weighted by Crippen LogP contribution is -2.16. The summed E-state index contributed by atoms with van der Waals surface area (Å²) in [5.41, 5.74) is 2.22. The second kappa shape index (κ2) is 7.90. The van der Waals surface area contributed by atoms with Gasteiger partial charge in [-0.1, -0.05) is 30.3 Å². The number of hydrogen-bond donors (Lipinski definition) is 2. The maximum absolute atomic E-state index is 13.3. The van der Waals surface area contributed by atoms with Gasteiger partial charge >= 0.3 is 0 Å². The normalized spacial score (nSPS) is 10.5. The Balaban J connectivity index is 1.55. The summed E-state index contributed by atoms with van der Waals surface area (Å²) in [6, 6.07) is 21.2. The summed E-state index contributed by atoms with van der Waals surface area (Å²) < 4.78 is 13.3. The molecular weight excluding hydrogens is 369 g/mol. The van der Waals surface area contributed by atoms with E-state index in [1.54, 1.807) is 36.5 Å². The van der Waals surface area contributed by atoms with Crippen molar-refractivity contribution in [2.24, 2.45) is 0 Å². The van der Waals surface area contributed by atoms with Crippen LogP contribution in [-0.2, 0) is 0 Å². The van der Waals surface area contributed by atoms with E-state index in [2.05, 4.69) is 15.6 Å². The first-order valence-electron chi connectivity index (χ1n) is 8.92. The predicted molar refractivity (Wildman–Crippen MR) is 110 cm³/mol. The van der Waals surface area contributed by atoms with E-state index < -0.39 is 11.7 Å². The number of fused-ring (bicyclic) bond motifs is 1. The molecule has 4 aromatic rings. The van der Waals surface area contributed by atoms with Gasteiger partial charge in [0.1, 0.15) is 5.82 Å². The molecule has 2 N–H and O–H groups in total. The van der Waals surface area contributed by atoms with Gasteiger partial charge in [-0.05, 0) is 48.5 Å². The zero-order chi connectivity index (χ0) is 20.2. The number of para-hydroxylation sites is 1. The Labute approximate surface area is 166 Å². The lowest BCUT2D eigenvalue weighted by atomic mass is 10.1. The first-order chi connectivity index (χ1) is 14.1. The van der Waals surface area contributed by atoms with Crippen molar-refractivity contribution in [2.45, 2.75) is 0 Å². The van der Waals surface area contributed by atoms with Crippen molar-refractivity contribution in [3.05, 3.63) is 102 Å². The summed E-state index contributed by atoms with van der Waals surface area (Å²) in [5.74, 6) is -1.24. The minimum atomic E-state index is -0.445. The van der Waals surface area contributed by atoms with Gasteiger partial charge in [-0.15, -0.1) is 0 Å². The number of aromatic nitrogens is 1. The molecule has 5 nitrogen and oxygen atoms in total. The number of halogens is 1. The molecule has 6 heteroatoms. The first kappa shape index (κ1) is 18.3. The van der Waals surface area contributed by atoms with E-state index in [0.29, 0.717) is 22.5 Å². The molecule has 29 heavy (non-hydrogen) atoms. The molecule has 0 aliphatic carbocycles. The number of carbonyl (C=O) groups is 2. The number of rotatable bonds is 4. The maximum Gasteiger partial charge on any atom is 0.255 e. The molecule has 1 aromatic heterocycles. The number of hydrogen-bond acceptors (Lipinski definition) is 3. The van der Waals surface area contributed by atoms with Gasteiger partial charge in [-0.2, -0.15) is 0 Å². The lowest BCUT2D eigenvalue weighted by molar-refractivity contribution is 0.102. The highest BCUT2D eigenvalue weighted by Crippen LogP contribution is 2.21. The molecule has 0 aliphatic rings. The molecular formula is C23H16FN3O2. The van der Waals surface area contributed by atoms with Gasteiger partial charge in [0.25, 0.3) is 11.8 Å². The fraction of sp³-hybridized carbons (Fsp3) is 0. The summed E-state index contributed by atoms with van der Waals surface area (Å²) >= 11 is 0. The maximum atomic E-state index is 13.3. The average molecular weight is 385 g/mol. The Hall–Kier alpha value is -4.06. The molecule has 2 amide bonds. The largest absolute Gasteiger partial charge is 0.322 e. The van der Waals surface area contributed by atoms with Crippen LogP contribution in [0.15, 0.2) is 85.1 Å². The van der Waals surface area contributed by atoms with Gasteiger partial charge in [-0.25, -0.2) is 4.39 Å². The van der Waals surface area contributed by atoms with Gasteiger partial charge in [0, 0.05) is 28.4 Å². The van der Waals surface area contributed by atoms with Crippen LogP contribution in [0.25, 0.3) is 10.9 Å². The van der Waals surface area contributed by atoms with Crippen molar-refractivity contribution in [3.63, 3.8) is 0 Å². The van der Waals surface area contributed by atoms with Crippen LogP contribution in [0.3, 0.4) is 0 Å². The Morgan fingerprint density at radius 2 is 1.45 bits per heavy atom. The molecule has 0 aliphatic heterocycles.